The van der Waals surface area contributed by atoms with Gasteiger partial charge in [-0.15, -0.1) is 0 Å². The Morgan fingerprint density at radius 2 is 0.727 bits per heavy atom. The van der Waals surface area contributed by atoms with E-state index in [2.05, 4.69) is 13.8 Å². The minimum Gasteiger partial charge on any atom is -0.379 e. The summed E-state index contributed by atoms with van der Waals surface area (Å²) in [6.07, 6.45) is 39.4. The molecule has 1 atom stereocenters. The zero-order valence-corrected chi connectivity index (χ0v) is 30.5. The van der Waals surface area contributed by atoms with Crippen molar-refractivity contribution in [2.24, 2.45) is 0 Å². The molecule has 0 aliphatic heterocycles. The quantitative estimate of drug-likeness (QED) is 0.0512. The molecular weight excluding hydrogens is 571 g/mol. The molecule has 2 N–H and O–H groups in total. The number of unbranched alkanes of at least 4 members (excludes halogenated alkanes) is 28. The average molecular weight is 649 g/mol. The van der Waals surface area contributed by atoms with E-state index in [9.17, 15) is 4.57 Å². The van der Waals surface area contributed by atoms with E-state index < -0.39 is 13.9 Å². The lowest BCUT2D eigenvalue weighted by Crippen LogP contribution is -2.26. The third-order valence-corrected chi connectivity index (χ3v) is 9.21. The van der Waals surface area contributed by atoms with Crippen LogP contribution in [-0.4, -0.2) is 42.3 Å². The summed E-state index contributed by atoms with van der Waals surface area (Å²) in [5, 5.41) is 0. The normalized spacial score (nSPS) is 12.7. The molecular formula is C37H77O6P. The summed E-state index contributed by atoms with van der Waals surface area (Å²) in [5.41, 5.74) is 0. The molecule has 266 valence electrons. The maximum atomic E-state index is 11.2. The van der Waals surface area contributed by atoms with Gasteiger partial charge in [-0.3, -0.25) is 4.52 Å². The molecule has 0 heterocycles. The lowest BCUT2D eigenvalue weighted by molar-refractivity contribution is -0.0429. The predicted molar refractivity (Wildman–Crippen MR) is 188 cm³/mol. The highest BCUT2D eigenvalue weighted by Crippen LogP contribution is 2.35. The van der Waals surface area contributed by atoms with Gasteiger partial charge in [0.1, 0.15) is 6.10 Å². The molecule has 0 aromatic heterocycles. The van der Waals surface area contributed by atoms with Gasteiger partial charge in [-0.25, -0.2) is 4.57 Å². The van der Waals surface area contributed by atoms with E-state index in [1.165, 1.54) is 173 Å². The van der Waals surface area contributed by atoms with Crippen LogP contribution in [0.1, 0.15) is 206 Å². The van der Waals surface area contributed by atoms with Gasteiger partial charge in [0.15, 0.2) is 0 Å². The number of phosphoric ester groups is 1. The van der Waals surface area contributed by atoms with Crippen LogP contribution in [0.5, 0.6) is 0 Å². The summed E-state index contributed by atoms with van der Waals surface area (Å²) in [6.45, 7) is 5.97. The Balaban J connectivity index is 3.63. The number of phosphoric acid groups is 1. The standard InChI is InChI=1S/C37H77O6P/c1-3-5-7-9-11-13-15-17-19-20-21-23-25-27-29-31-33-41-35-37(36-43-44(38,39)40)42-34-32-30-28-26-24-22-18-16-14-12-10-8-6-4-2/h37H,3-36H2,1-2H3,(H2,38,39,40). The fourth-order valence-electron chi connectivity index (χ4n) is 5.84. The van der Waals surface area contributed by atoms with Gasteiger partial charge in [-0.2, -0.15) is 0 Å². The topological polar surface area (TPSA) is 85.2 Å². The first-order valence-electron chi connectivity index (χ1n) is 19.4. The van der Waals surface area contributed by atoms with Gasteiger partial charge in [0.05, 0.1) is 13.2 Å². The first-order valence-corrected chi connectivity index (χ1v) is 20.9. The van der Waals surface area contributed by atoms with Crippen molar-refractivity contribution >= 4 is 7.82 Å². The molecule has 6 nitrogen and oxygen atoms in total. The van der Waals surface area contributed by atoms with Crippen molar-refractivity contribution in [3.8, 4) is 0 Å². The molecule has 0 aromatic rings. The molecule has 0 aliphatic rings. The minimum absolute atomic E-state index is 0.137. The van der Waals surface area contributed by atoms with Gasteiger partial charge >= 0.3 is 7.82 Å². The van der Waals surface area contributed by atoms with Crippen molar-refractivity contribution in [1.82, 2.24) is 0 Å². The fraction of sp³-hybridized carbons (Fsp3) is 1.00. The Hall–Kier alpha value is 0.0300. The Morgan fingerprint density at radius 1 is 0.432 bits per heavy atom. The Kier molecular flexibility index (Phi) is 35.9. The van der Waals surface area contributed by atoms with E-state index in [1.54, 1.807) is 0 Å². The van der Waals surface area contributed by atoms with Crippen LogP contribution in [0.15, 0.2) is 0 Å². The van der Waals surface area contributed by atoms with Crippen LogP contribution < -0.4 is 0 Å². The van der Waals surface area contributed by atoms with Crippen molar-refractivity contribution in [3.05, 3.63) is 0 Å². The number of hydrogen-bond acceptors (Lipinski definition) is 4. The van der Waals surface area contributed by atoms with Crippen molar-refractivity contribution in [2.45, 2.75) is 213 Å². The first-order chi connectivity index (χ1) is 21.5. The molecule has 0 saturated heterocycles. The molecule has 0 bridgehead atoms. The van der Waals surface area contributed by atoms with Crippen LogP contribution >= 0.6 is 7.82 Å². The molecule has 0 fully saturated rings. The molecule has 0 spiro atoms. The highest BCUT2D eigenvalue weighted by atomic mass is 31.2. The zero-order valence-electron chi connectivity index (χ0n) is 29.6. The molecule has 0 saturated carbocycles. The lowest BCUT2D eigenvalue weighted by Gasteiger charge is -2.18. The van der Waals surface area contributed by atoms with Crippen molar-refractivity contribution < 1.29 is 28.3 Å². The van der Waals surface area contributed by atoms with Gasteiger partial charge in [-0.1, -0.05) is 194 Å². The lowest BCUT2D eigenvalue weighted by atomic mass is 10.0. The maximum Gasteiger partial charge on any atom is 0.469 e. The summed E-state index contributed by atoms with van der Waals surface area (Å²) in [6, 6.07) is 0. The van der Waals surface area contributed by atoms with E-state index >= 15 is 0 Å². The third kappa shape index (κ3) is 38.2. The molecule has 1 unspecified atom stereocenters. The van der Waals surface area contributed by atoms with Crippen LogP contribution in [0.3, 0.4) is 0 Å². The second kappa shape index (κ2) is 35.9. The summed E-state index contributed by atoms with van der Waals surface area (Å²) in [7, 11) is -4.51. The zero-order chi connectivity index (χ0) is 32.2. The summed E-state index contributed by atoms with van der Waals surface area (Å²) >= 11 is 0. The van der Waals surface area contributed by atoms with Gasteiger partial charge < -0.3 is 19.3 Å². The van der Waals surface area contributed by atoms with Crippen LogP contribution in [0.2, 0.25) is 0 Å². The molecule has 0 radical (unpaired) electrons. The van der Waals surface area contributed by atoms with E-state index in [4.69, 9.17) is 23.8 Å². The molecule has 0 amide bonds. The van der Waals surface area contributed by atoms with Crippen LogP contribution in [0.4, 0.5) is 0 Å². The second-order valence-corrected chi connectivity index (χ2v) is 14.5. The van der Waals surface area contributed by atoms with Crippen molar-refractivity contribution in [1.29, 1.82) is 0 Å². The Labute approximate surface area is 274 Å². The summed E-state index contributed by atoms with van der Waals surface area (Å²) < 4.78 is 27.6. The van der Waals surface area contributed by atoms with Crippen molar-refractivity contribution in [3.63, 3.8) is 0 Å². The largest absolute Gasteiger partial charge is 0.469 e. The SMILES string of the molecule is CCCCCCCCCCCCCCCCCCOCC(COP(=O)(O)O)OCCCCCCCCCCCCCCCC. The predicted octanol–water partition coefficient (Wildman–Crippen LogP) is 12.2. The van der Waals surface area contributed by atoms with Gasteiger partial charge in [0.25, 0.3) is 0 Å². The van der Waals surface area contributed by atoms with Gasteiger partial charge in [0, 0.05) is 13.2 Å². The summed E-state index contributed by atoms with van der Waals surface area (Å²) in [5.74, 6) is 0. The van der Waals surface area contributed by atoms with Crippen LogP contribution in [0.25, 0.3) is 0 Å². The van der Waals surface area contributed by atoms with Crippen molar-refractivity contribution in [2.75, 3.05) is 26.4 Å². The average Bonchev–Trinajstić information content (AvgIpc) is 3.00. The molecule has 0 rings (SSSR count). The third-order valence-electron chi connectivity index (χ3n) is 8.73. The van der Waals surface area contributed by atoms with E-state index in [1.807, 2.05) is 0 Å². The smallest absolute Gasteiger partial charge is 0.379 e. The maximum absolute atomic E-state index is 11.2. The van der Waals surface area contributed by atoms with Crippen LogP contribution in [-0.2, 0) is 18.6 Å². The van der Waals surface area contributed by atoms with Gasteiger partial charge in [-0.05, 0) is 12.8 Å². The monoisotopic (exact) mass is 649 g/mol. The highest BCUT2D eigenvalue weighted by Gasteiger charge is 2.19. The molecule has 7 heteroatoms. The van der Waals surface area contributed by atoms with E-state index in [-0.39, 0.29) is 6.61 Å². The molecule has 0 aromatic carbocycles. The number of hydrogen-bond donors (Lipinski definition) is 2. The summed E-state index contributed by atoms with van der Waals surface area (Å²) in [4.78, 5) is 18.2. The fourth-order valence-corrected chi connectivity index (χ4v) is 6.20. The minimum atomic E-state index is -4.51. The second-order valence-electron chi connectivity index (χ2n) is 13.3. The highest BCUT2D eigenvalue weighted by molar-refractivity contribution is 7.46. The number of ether oxygens (including phenoxy) is 2. The first kappa shape index (κ1) is 44.0. The Bertz CT molecular complexity index is 584. The molecule has 44 heavy (non-hydrogen) atoms. The van der Waals surface area contributed by atoms with Gasteiger partial charge in [0.2, 0.25) is 0 Å². The Morgan fingerprint density at radius 3 is 1.05 bits per heavy atom. The van der Waals surface area contributed by atoms with Crippen LogP contribution in [0, 0.1) is 0 Å². The van der Waals surface area contributed by atoms with E-state index in [0.717, 1.165) is 19.3 Å². The molecule has 0 aliphatic carbocycles. The number of rotatable bonds is 38. The van der Waals surface area contributed by atoms with E-state index in [0.29, 0.717) is 19.8 Å².